The van der Waals surface area contributed by atoms with Gasteiger partial charge >= 0.3 is 0 Å². The number of fused-ring (bicyclic) bond motifs is 1. The van der Waals surface area contributed by atoms with Gasteiger partial charge in [-0.15, -0.1) is 0 Å². The normalized spacial score (nSPS) is 31.5. The average molecular weight is 403 g/mol. The van der Waals surface area contributed by atoms with Crippen molar-refractivity contribution in [3.8, 4) is 0 Å². The van der Waals surface area contributed by atoms with Crippen molar-refractivity contribution in [1.29, 1.82) is 0 Å². The molecule has 0 spiro atoms. The third-order valence-electron chi connectivity index (χ3n) is 6.64. The summed E-state index contributed by atoms with van der Waals surface area (Å²) in [6, 6.07) is 0.694. The van der Waals surface area contributed by atoms with Crippen LogP contribution in [0.4, 0.5) is 0 Å². The molecule has 0 radical (unpaired) electrons. The minimum atomic E-state index is -3.54. The number of hydrogen-bond donors (Lipinski definition) is 1. The predicted molar refractivity (Wildman–Crippen MR) is 107 cm³/mol. The molecule has 3 aliphatic rings. The molecule has 0 bridgehead atoms. The third-order valence-corrected chi connectivity index (χ3v) is 7.97. The number of nitrogens with one attached hydrogen (secondary N) is 1. The van der Waals surface area contributed by atoms with Gasteiger partial charge in [-0.05, 0) is 43.9 Å². The largest absolute Gasteiger partial charge is 0.383 e. The van der Waals surface area contributed by atoms with E-state index in [1.54, 1.807) is 7.11 Å². The summed E-state index contributed by atoms with van der Waals surface area (Å²) < 4.78 is 36.4. The second kappa shape index (κ2) is 9.53. The molecule has 0 aromatic carbocycles. The van der Waals surface area contributed by atoms with E-state index in [1.807, 2.05) is 0 Å². The highest BCUT2D eigenvalue weighted by molar-refractivity contribution is 7.86. The van der Waals surface area contributed by atoms with Crippen LogP contribution < -0.4 is 5.43 Å². The van der Waals surface area contributed by atoms with Crippen molar-refractivity contribution in [1.82, 2.24) is 10.4 Å². The van der Waals surface area contributed by atoms with Gasteiger partial charge in [0.25, 0.3) is 10.1 Å². The van der Waals surface area contributed by atoms with Gasteiger partial charge in [0.05, 0.1) is 18.5 Å². The van der Waals surface area contributed by atoms with Crippen molar-refractivity contribution in [2.24, 2.45) is 11.8 Å². The lowest BCUT2D eigenvalue weighted by molar-refractivity contribution is 0.0380. The monoisotopic (exact) mass is 402 g/mol. The summed E-state index contributed by atoms with van der Waals surface area (Å²) in [7, 11) is -1.79. The van der Waals surface area contributed by atoms with Crippen molar-refractivity contribution in [3.05, 3.63) is 0 Å². The summed E-state index contributed by atoms with van der Waals surface area (Å²) in [5, 5.41) is 2.34. The summed E-state index contributed by atoms with van der Waals surface area (Å²) in [6.07, 6.45) is 9.81. The Morgan fingerprint density at radius 1 is 1.07 bits per heavy atom. The van der Waals surface area contributed by atoms with E-state index in [1.165, 1.54) is 25.7 Å². The maximum atomic E-state index is 12.7. The third kappa shape index (κ3) is 5.66. The molecule has 3 fully saturated rings. The summed E-state index contributed by atoms with van der Waals surface area (Å²) in [6.45, 7) is 4.86. The fourth-order valence-electron chi connectivity index (χ4n) is 5.13. The summed E-state index contributed by atoms with van der Waals surface area (Å²) >= 11 is 0. The lowest BCUT2D eigenvalue weighted by atomic mass is 9.98. The Labute approximate surface area is 165 Å². The van der Waals surface area contributed by atoms with Crippen LogP contribution in [0.2, 0.25) is 0 Å². The van der Waals surface area contributed by atoms with E-state index < -0.39 is 10.1 Å². The van der Waals surface area contributed by atoms with Crippen LogP contribution in [0.15, 0.2) is 0 Å². The van der Waals surface area contributed by atoms with Crippen LogP contribution in [0.25, 0.3) is 0 Å². The predicted octanol–water partition coefficient (Wildman–Crippen LogP) is 3.08. The van der Waals surface area contributed by atoms with Gasteiger partial charge in [0.2, 0.25) is 0 Å². The molecule has 0 unspecified atom stereocenters. The summed E-state index contributed by atoms with van der Waals surface area (Å²) in [4.78, 5) is 0. The van der Waals surface area contributed by atoms with Crippen LogP contribution in [0.1, 0.15) is 71.6 Å². The number of rotatable bonds is 9. The van der Waals surface area contributed by atoms with E-state index in [2.05, 4.69) is 24.3 Å². The molecule has 1 N–H and O–H groups in total. The minimum absolute atomic E-state index is 0.0365. The van der Waals surface area contributed by atoms with Gasteiger partial charge in [0.1, 0.15) is 0 Å². The molecule has 4 atom stereocenters. The van der Waals surface area contributed by atoms with Crippen molar-refractivity contribution in [3.63, 3.8) is 0 Å². The van der Waals surface area contributed by atoms with Crippen LogP contribution in [0.5, 0.6) is 0 Å². The Morgan fingerprint density at radius 2 is 1.81 bits per heavy atom. The van der Waals surface area contributed by atoms with E-state index >= 15 is 0 Å². The standard InChI is InChI=1S/C20H38N2O4S/c1-15(2)19(14-27(23,24)26-18-9-5-4-6-10-18)21-22-17(13-25-3)12-16-8-7-11-20(16)22/h15-21H,4-14H2,1-3H3/t16-,17-,19-,20-/m1/s1. The SMILES string of the molecule is COC[C@H]1C[C@H]2CCC[C@H]2N1N[C@H](CS(=O)(=O)OC1CCCCC1)C(C)C. The zero-order valence-electron chi connectivity index (χ0n) is 17.2. The van der Waals surface area contributed by atoms with Gasteiger partial charge in [-0.2, -0.15) is 8.42 Å². The molecule has 2 saturated carbocycles. The van der Waals surface area contributed by atoms with Gasteiger partial charge in [0, 0.05) is 25.2 Å². The minimum Gasteiger partial charge on any atom is -0.383 e. The molecule has 1 heterocycles. The molecule has 2 aliphatic carbocycles. The van der Waals surface area contributed by atoms with Gasteiger partial charge < -0.3 is 4.74 Å². The first-order valence-corrected chi connectivity index (χ1v) is 12.4. The quantitative estimate of drug-likeness (QED) is 0.598. The second-order valence-corrected chi connectivity index (χ2v) is 10.7. The zero-order chi connectivity index (χ0) is 19.4. The molecular weight excluding hydrogens is 364 g/mol. The van der Waals surface area contributed by atoms with E-state index in [0.717, 1.165) is 32.1 Å². The van der Waals surface area contributed by atoms with Gasteiger partial charge in [-0.25, -0.2) is 5.01 Å². The topological polar surface area (TPSA) is 67.9 Å². The molecule has 158 valence electrons. The maximum Gasteiger partial charge on any atom is 0.269 e. The number of hydrazine groups is 1. The highest BCUT2D eigenvalue weighted by Gasteiger charge is 2.44. The Hall–Kier alpha value is -0.210. The van der Waals surface area contributed by atoms with E-state index in [-0.39, 0.29) is 23.8 Å². The van der Waals surface area contributed by atoms with Crippen molar-refractivity contribution in [2.75, 3.05) is 19.5 Å². The van der Waals surface area contributed by atoms with Crippen LogP contribution in [-0.2, 0) is 19.0 Å². The van der Waals surface area contributed by atoms with E-state index in [9.17, 15) is 8.42 Å². The first-order valence-electron chi connectivity index (χ1n) is 10.8. The lowest BCUT2D eigenvalue weighted by Crippen LogP contribution is -2.55. The highest BCUT2D eigenvalue weighted by Crippen LogP contribution is 2.40. The van der Waals surface area contributed by atoms with E-state index in [4.69, 9.17) is 8.92 Å². The smallest absolute Gasteiger partial charge is 0.269 e. The van der Waals surface area contributed by atoms with Crippen molar-refractivity contribution < 1.29 is 17.3 Å². The van der Waals surface area contributed by atoms with Gasteiger partial charge in [-0.1, -0.05) is 39.5 Å². The van der Waals surface area contributed by atoms with Crippen LogP contribution in [-0.4, -0.2) is 57.1 Å². The first kappa shape index (κ1) is 21.5. The first-order chi connectivity index (χ1) is 12.9. The number of nitrogens with zero attached hydrogens (tertiary/aromatic N) is 1. The molecule has 0 amide bonds. The molecule has 3 rings (SSSR count). The second-order valence-electron chi connectivity index (χ2n) is 9.07. The van der Waals surface area contributed by atoms with Crippen molar-refractivity contribution >= 4 is 10.1 Å². The zero-order valence-corrected chi connectivity index (χ0v) is 18.0. The molecule has 7 heteroatoms. The molecule has 6 nitrogen and oxygen atoms in total. The fourth-order valence-corrected chi connectivity index (χ4v) is 6.72. The Morgan fingerprint density at radius 3 is 2.48 bits per heavy atom. The maximum absolute atomic E-state index is 12.7. The molecule has 0 aromatic heterocycles. The molecule has 1 aliphatic heterocycles. The van der Waals surface area contributed by atoms with Gasteiger partial charge in [-0.3, -0.25) is 9.61 Å². The molecular formula is C20H38N2O4S. The van der Waals surface area contributed by atoms with Gasteiger partial charge in [0.15, 0.2) is 0 Å². The lowest BCUT2D eigenvalue weighted by Gasteiger charge is -2.35. The fraction of sp³-hybridized carbons (Fsp3) is 1.00. The van der Waals surface area contributed by atoms with Crippen LogP contribution in [0, 0.1) is 11.8 Å². The molecule has 0 aromatic rings. The van der Waals surface area contributed by atoms with E-state index in [0.29, 0.717) is 24.6 Å². The Bertz CT molecular complexity index is 562. The average Bonchev–Trinajstić information content (AvgIpc) is 3.17. The Balaban J connectivity index is 1.63. The van der Waals surface area contributed by atoms with Crippen LogP contribution >= 0.6 is 0 Å². The number of hydrogen-bond acceptors (Lipinski definition) is 6. The summed E-state index contributed by atoms with van der Waals surface area (Å²) in [5.41, 5.74) is 3.61. The van der Waals surface area contributed by atoms with Crippen molar-refractivity contribution in [2.45, 2.75) is 95.9 Å². The molecule has 27 heavy (non-hydrogen) atoms. The molecule has 1 saturated heterocycles. The van der Waals surface area contributed by atoms with Crippen LogP contribution in [0.3, 0.4) is 0 Å². The number of ether oxygens (including phenoxy) is 1. The number of methoxy groups -OCH3 is 1. The Kier molecular flexibility index (Phi) is 7.58. The highest BCUT2D eigenvalue weighted by atomic mass is 32.2. The summed E-state index contributed by atoms with van der Waals surface area (Å²) in [5.74, 6) is 0.952.